The van der Waals surface area contributed by atoms with Gasteiger partial charge in [0, 0.05) is 46.9 Å². The molecule has 8 nitrogen and oxygen atoms in total. The fourth-order valence-corrected chi connectivity index (χ4v) is 5.55. The van der Waals surface area contributed by atoms with Crippen molar-refractivity contribution in [2.45, 2.75) is 70.9 Å². The first-order valence-corrected chi connectivity index (χ1v) is 13.7. The number of nitrogens with two attached hydrogens (primary N) is 1. The molecule has 3 aromatic heterocycles. The predicted molar refractivity (Wildman–Crippen MR) is 150 cm³/mol. The molecule has 1 aliphatic heterocycles. The molecular weight excluding hydrogens is 462 g/mol. The first-order valence-electron chi connectivity index (χ1n) is 13.7. The van der Waals surface area contributed by atoms with Crippen molar-refractivity contribution >= 4 is 33.5 Å². The van der Waals surface area contributed by atoms with E-state index in [1.54, 1.807) is 0 Å². The van der Waals surface area contributed by atoms with Crippen LogP contribution in [-0.2, 0) is 6.54 Å². The Hall–Kier alpha value is -3.23. The lowest BCUT2D eigenvalue weighted by atomic mass is 10.1. The maximum atomic E-state index is 13.1. The predicted octanol–water partition coefficient (Wildman–Crippen LogP) is 5.54. The van der Waals surface area contributed by atoms with Crippen molar-refractivity contribution in [2.24, 2.45) is 5.73 Å². The van der Waals surface area contributed by atoms with E-state index in [9.17, 15) is 4.79 Å². The highest BCUT2D eigenvalue weighted by molar-refractivity contribution is 6.06. The number of hydrogen-bond acceptors (Lipinski definition) is 5. The molecule has 196 valence electrons. The van der Waals surface area contributed by atoms with Gasteiger partial charge in [0.1, 0.15) is 5.82 Å². The average Bonchev–Trinajstić information content (AvgIpc) is 3.59. The molecule has 1 atom stereocenters. The second-order valence-electron chi connectivity index (χ2n) is 10.4. The van der Waals surface area contributed by atoms with E-state index in [2.05, 4.69) is 33.3 Å². The number of likely N-dealkylation sites (tertiary alicyclic amines) is 1. The van der Waals surface area contributed by atoms with Gasteiger partial charge >= 0.3 is 0 Å². The third kappa shape index (κ3) is 5.70. The molecule has 1 saturated heterocycles. The van der Waals surface area contributed by atoms with Gasteiger partial charge in [0.2, 0.25) is 0 Å². The summed E-state index contributed by atoms with van der Waals surface area (Å²) in [4.78, 5) is 23.6. The van der Waals surface area contributed by atoms with Crippen molar-refractivity contribution in [3.05, 3.63) is 53.5 Å². The monoisotopic (exact) mass is 501 g/mol. The van der Waals surface area contributed by atoms with Gasteiger partial charge in [-0.15, -0.1) is 0 Å². The number of carbonyl (C=O) groups is 1. The summed E-state index contributed by atoms with van der Waals surface area (Å²) >= 11 is 0. The van der Waals surface area contributed by atoms with Crippen LogP contribution in [0.1, 0.15) is 79.2 Å². The maximum absolute atomic E-state index is 13.1. The first-order chi connectivity index (χ1) is 18.0. The van der Waals surface area contributed by atoms with Crippen molar-refractivity contribution in [1.82, 2.24) is 24.6 Å². The van der Waals surface area contributed by atoms with E-state index in [1.165, 1.54) is 37.8 Å². The fraction of sp³-hybridized carbons (Fsp3) is 0.483. The Labute approximate surface area is 218 Å². The molecule has 5 rings (SSSR count). The van der Waals surface area contributed by atoms with Crippen LogP contribution < -0.4 is 11.1 Å². The van der Waals surface area contributed by atoms with E-state index in [0.717, 1.165) is 66.4 Å². The number of hydrogen-bond donors (Lipinski definition) is 3. The Bertz CT molecular complexity index is 1370. The Morgan fingerprint density at radius 1 is 1.14 bits per heavy atom. The van der Waals surface area contributed by atoms with Crippen molar-refractivity contribution in [2.75, 3.05) is 25.5 Å². The zero-order valence-corrected chi connectivity index (χ0v) is 22.1. The number of pyridine rings is 1. The highest BCUT2D eigenvalue weighted by Gasteiger charge is 2.24. The summed E-state index contributed by atoms with van der Waals surface area (Å²) in [7, 11) is 2.17. The van der Waals surface area contributed by atoms with Crippen LogP contribution in [0.3, 0.4) is 0 Å². The molecule has 1 amide bonds. The molecule has 37 heavy (non-hydrogen) atoms. The Kier molecular flexibility index (Phi) is 7.86. The topological polar surface area (TPSA) is 105 Å². The van der Waals surface area contributed by atoms with Crippen LogP contribution in [0.25, 0.3) is 21.8 Å². The number of amides is 1. The molecule has 4 heterocycles. The summed E-state index contributed by atoms with van der Waals surface area (Å²) in [6.45, 7) is 4.79. The van der Waals surface area contributed by atoms with Crippen LogP contribution in [0, 0.1) is 6.92 Å². The number of aryl methyl sites for hydroxylation is 2. The van der Waals surface area contributed by atoms with E-state index < -0.39 is 0 Å². The van der Waals surface area contributed by atoms with Gasteiger partial charge in [0.15, 0.2) is 0 Å². The van der Waals surface area contributed by atoms with E-state index in [0.29, 0.717) is 17.4 Å². The van der Waals surface area contributed by atoms with Gasteiger partial charge in [-0.2, -0.15) is 5.10 Å². The zero-order valence-electron chi connectivity index (χ0n) is 22.1. The van der Waals surface area contributed by atoms with Crippen molar-refractivity contribution < 1.29 is 4.79 Å². The van der Waals surface area contributed by atoms with Gasteiger partial charge in [-0.25, -0.2) is 4.98 Å². The number of carbonyl (C=O) groups excluding carboxylic acids is 1. The molecule has 0 spiro atoms. The van der Waals surface area contributed by atoms with E-state index in [4.69, 9.17) is 10.8 Å². The summed E-state index contributed by atoms with van der Waals surface area (Å²) in [5.74, 6) is 0.381. The molecule has 4 N–H and O–H groups in total. The lowest BCUT2D eigenvalue weighted by Gasteiger charge is -2.17. The number of aromatic nitrogens is 4. The minimum atomic E-state index is -0.165. The minimum Gasteiger partial charge on any atom is -0.357 e. The van der Waals surface area contributed by atoms with Gasteiger partial charge in [0.25, 0.3) is 5.91 Å². The summed E-state index contributed by atoms with van der Waals surface area (Å²) in [6, 6.07) is 10.3. The quantitative estimate of drug-likeness (QED) is 0.234. The minimum absolute atomic E-state index is 0.165. The third-order valence-corrected chi connectivity index (χ3v) is 7.67. The van der Waals surface area contributed by atoms with Gasteiger partial charge in [0.05, 0.1) is 16.7 Å². The highest BCUT2D eigenvalue weighted by atomic mass is 16.1. The van der Waals surface area contributed by atoms with Crippen LogP contribution in [0.5, 0.6) is 0 Å². The Morgan fingerprint density at radius 2 is 1.95 bits per heavy atom. The number of aromatic amines is 1. The smallest absolute Gasteiger partial charge is 0.256 e. The average molecular weight is 502 g/mol. The number of nitrogens with zero attached hydrogens (tertiary/aromatic N) is 4. The van der Waals surface area contributed by atoms with Gasteiger partial charge in [-0.05, 0) is 70.9 Å². The normalized spacial score (nSPS) is 16.2. The molecule has 0 saturated carbocycles. The fourth-order valence-electron chi connectivity index (χ4n) is 5.55. The number of nitrogens with one attached hydrogen (secondary N) is 2. The van der Waals surface area contributed by atoms with Gasteiger partial charge in [-0.3, -0.25) is 14.4 Å². The van der Waals surface area contributed by atoms with E-state index >= 15 is 0 Å². The molecule has 1 fully saturated rings. The summed E-state index contributed by atoms with van der Waals surface area (Å²) in [6.07, 6.45) is 11.2. The number of rotatable bonds is 11. The number of unbranched alkanes of at least 4 members (excludes halogenated alkanes) is 5. The molecule has 4 aromatic rings. The maximum Gasteiger partial charge on any atom is 0.256 e. The standard InChI is InChI=1S/C29H39N7O/c1-20-23-12-11-21(17-27(23)36(34-20)15-8-6-4-3-5-7-13-30)29(37)33-28-18-24-22(19-31-28)16-25(32-24)26-10-9-14-35(26)2/h11-12,16-19,26,32H,3-10,13-15,30H2,1-2H3,(H,31,33,37)/t26-/m1/s1. The number of benzene rings is 1. The number of fused-ring (bicyclic) bond motifs is 2. The van der Waals surface area contributed by atoms with Crippen LogP contribution in [0.15, 0.2) is 36.5 Å². The van der Waals surface area contributed by atoms with E-state index in [-0.39, 0.29) is 5.91 Å². The molecule has 1 aromatic carbocycles. The van der Waals surface area contributed by atoms with Crippen LogP contribution in [0.2, 0.25) is 0 Å². The largest absolute Gasteiger partial charge is 0.357 e. The molecule has 1 aliphatic rings. The Morgan fingerprint density at radius 3 is 2.73 bits per heavy atom. The highest BCUT2D eigenvalue weighted by Crippen LogP contribution is 2.32. The second kappa shape index (κ2) is 11.4. The number of anilines is 1. The lowest BCUT2D eigenvalue weighted by molar-refractivity contribution is 0.102. The molecule has 0 bridgehead atoms. The van der Waals surface area contributed by atoms with Crippen molar-refractivity contribution in [3.63, 3.8) is 0 Å². The zero-order chi connectivity index (χ0) is 25.8. The summed E-state index contributed by atoms with van der Waals surface area (Å²) in [5.41, 5.74) is 10.4. The molecule has 8 heteroatoms. The van der Waals surface area contributed by atoms with Crippen molar-refractivity contribution in [3.8, 4) is 0 Å². The van der Waals surface area contributed by atoms with Crippen LogP contribution >= 0.6 is 0 Å². The second-order valence-corrected chi connectivity index (χ2v) is 10.4. The SMILES string of the molecule is Cc1nn(CCCCCCCCN)c2cc(C(=O)Nc3cc4[nH]c([C@H]5CCCN5C)cc4cn3)ccc12. The van der Waals surface area contributed by atoms with Crippen LogP contribution in [-0.4, -0.2) is 50.7 Å². The lowest BCUT2D eigenvalue weighted by Crippen LogP contribution is -2.17. The van der Waals surface area contributed by atoms with Gasteiger partial charge in [-0.1, -0.05) is 31.7 Å². The molecule has 0 radical (unpaired) electrons. The number of H-pyrrole nitrogens is 1. The summed E-state index contributed by atoms with van der Waals surface area (Å²) in [5, 5.41) is 9.89. The Balaban J connectivity index is 1.26. The molecule has 0 unspecified atom stereocenters. The molecule has 0 aliphatic carbocycles. The van der Waals surface area contributed by atoms with Crippen molar-refractivity contribution in [1.29, 1.82) is 0 Å². The van der Waals surface area contributed by atoms with E-state index in [1.807, 2.05) is 42.1 Å². The first kappa shape index (κ1) is 25.4. The third-order valence-electron chi connectivity index (χ3n) is 7.67. The molecular formula is C29H39N7O. The van der Waals surface area contributed by atoms with Crippen LogP contribution in [0.4, 0.5) is 5.82 Å². The van der Waals surface area contributed by atoms with Gasteiger partial charge < -0.3 is 16.0 Å². The summed E-state index contributed by atoms with van der Waals surface area (Å²) < 4.78 is 2.05.